The van der Waals surface area contributed by atoms with Crippen LogP contribution in [-0.4, -0.2) is 36.1 Å². The molecule has 5 N–H and O–H groups in total. The predicted molar refractivity (Wildman–Crippen MR) is 65.8 cm³/mol. The summed E-state index contributed by atoms with van der Waals surface area (Å²) < 4.78 is 0. The van der Waals surface area contributed by atoms with Gasteiger partial charge in [0.05, 0.1) is 12.5 Å². The van der Waals surface area contributed by atoms with Gasteiger partial charge in [0.15, 0.2) is 0 Å². The summed E-state index contributed by atoms with van der Waals surface area (Å²) in [6, 6.07) is -0.603. The van der Waals surface area contributed by atoms with Crippen molar-refractivity contribution in [2.75, 3.05) is 13.1 Å². The first kappa shape index (κ1) is 16.2. The van der Waals surface area contributed by atoms with Crippen LogP contribution in [0.5, 0.6) is 0 Å². The fourth-order valence-corrected chi connectivity index (χ4v) is 1.43. The van der Waals surface area contributed by atoms with Gasteiger partial charge < -0.3 is 21.5 Å². The van der Waals surface area contributed by atoms with Crippen LogP contribution in [-0.2, 0) is 9.59 Å². The number of carboxylic acids is 1. The molecule has 0 saturated carbocycles. The smallest absolute Gasteiger partial charge is 0.315 e. The number of nitrogens with two attached hydrogens (primary N) is 1. The number of amides is 3. The molecule has 0 aliphatic rings. The van der Waals surface area contributed by atoms with Gasteiger partial charge in [0.2, 0.25) is 5.91 Å². The molecular formula is C11H21N3O4. The molecule has 1 atom stereocenters. The Bertz CT molecular complexity index is 323. The number of urea groups is 1. The van der Waals surface area contributed by atoms with Crippen LogP contribution in [0.15, 0.2) is 0 Å². The Kier molecular flexibility index (Phi) is 6.15. The largest absolute Gasteiger partial charge is 0.481 e. The third kappa shape index (κ3) is 8.37. The van der Waals surface area contributed by atoms with Crippen molar-refractivity contribution in [2.45, 2.75) is 27.2 Å². The van der Waals surface area contributed by atoms with E-state index in [1.807, 2.05) is 20.8 Å². The zero-order valence-corrected chi connectivity index (χ0v) is 10.9. The van der Waals surface area contributed by atoms with E-state index in [0.717, 1.165) is 0 Å². The summed E-state index contributed by atoms with van der Waals surface area (Å²) in [5.41, 5.74) is 4.71. The highest BCUT2D eigenvalue weighted by atomic mass is 16.4. The molecule has 1 unspecified atom stereocenters. The summed E-state index contributed by atoms with van der Waals surface area (Å²) in [6.45, 7) is 5.52. The van der Waals surface area contributed by atoms with Gasteiger partial charge in [0, 0.05) is 6.54 Å². The van der Waals surface area contributed by atoms with Crippen molar-refractivity contribution in [2.24, 2.45) is 17.1 Å². The van der Waals surface area contributed by atoms with Gasteiger partial charge in [0.25, 0.3) is 0 Å². The number of nitrogens with one attached hydrogen (secondary N) is 2. The first-order valence-electron chi connectivity index (χ1n) is 5.64. The third-order valence-corrected chi connectivity index (χ3v) is 2.14. The average Bonchev–Trinajstić information content (AvgIpc) is 2.19. The SMILES string of the molecule is CC(C)(C)CC(CNC(=O)NCC(N)=O)C(=O)O. The molecule has 104 valence electrons. The number of carbonyl (C=O) groups excluding carboxylic acids is 2. The van der Waals surface area contributed by atoms with E-state index in [1.165, 1.54) is 0 Å². The molecule has 0 bridgehead atoms. The normalized spacial score (nSPS) is 12.6. The Morgan fingerprint density at radius 1 is 1.22 bits per heavy atom. The van der Waals surface area contributed by atoms with Crippen LogP contribution < -0.4 is 16.4 Å². The van der Waals surface area contributed by atoms with Crippen molar-refractivity contribution in [3.8, 4) is 0 Å². The highest BCUT2D eigenvalue weighted by Crippen LogP contribution is 2.24. The summed E-state index contributed by atoms with van der Waals surface area (Å²) in [5.74, 6) is -2.28. The van der Waals surface area contributed by atoms with E-state index in [4.69, 9.17) is 10.8 Å². The molecule has 0 aromatic heterocycles. The molecule has 0 aromatic carbocycles. The van der Waals surface area contributed by atoms with Crippen LogP contribution in [0.2, 0.25) is 0 Å². The van der Waals surface area contributed by atoms with E-state index in [0.29, 0.717) is 6.42 Å². The lowest BCUT2D eigenvalue weighted by molar-refractivity contribution is -0.142. The second-order valence-electron chi connectivity index (χ2n) is 5.33. The van der Waals surface area contributed by atoms with Crippen molar-refractivity contribution in [1.29, 1.82) is 0 Å². The van der Waals surface area contributed by atoms with Crippen LogP contribution >= 0.6 is 0 Å². The van der Waals surface area contributed by atoms with Gasteiger partial charge in [-0.1, -0.05) is 20.8 Å². The lowest BCUT2D eigenvalue weighted by Gasteiger charge is -2.23. The Balaban J connectivity index is 4.16. The minimum absolute atomic E-state index is 0.0111. The van der Waals surface area contributed by atoms with E-state index >= 15 is 0 Å². The molecule has 0 saturated heterocycles. The fourth-order valence-electron chi connectivity index (χ4n) is 1.43. The number of carboxylic acid groups (broad SMARTS) is 1. The lowest BCUT2D eigenvalue weighted by atomic mass is 9.84. The first-order chi connectivity index (χ1) is 8.11. The number of hydrogen-bond donors (Lipinski definition) is 4. The Morgan fingerprint density at radius 2 is 1.78 bits per heavy atom. The van der Waals surface area contributed by atoms with Crippen molar-refractivity contribution < 1.29 is 19.5 Å². The molecule has 0 aliphatic heterocycles. The molecule has 0 radical (unpaired) electrons. The zero-order valence-electron chi connectivity index (χ0n) is 10.9. The molecular weight excluding hydrogens is 238 g/mol. The van der Waals surface area contributed by atoms with Gasteiger partial charge in [-0.15, -0.1) is 0 Å². The van der Waals surface area contributed by atoms with Crippen molar-refractivity contribution >= 4 is 17.9 Å². The second kappa shape index (κ2) is 6.83. The van der Waals surface area contributed by atoms with Crippen LogP contribution in [0.4, 0.5) is 4.79 Å². The summed E-state index contributed by atoms with van der Waals surface area (Å²) in [7, 11) is 0. The van der Waals surface area contributed by atoms with E-state index in [2.05, 4.69) is 10.6 Å². The Morgan fingerprint density at radius 3 is 2.17 bits per heavy atom. The van der Waals surface area contributed by atoms with Crippen LogP contribution in [0.3, 0.4) is 0 Å². The van der Waals surface area contributed by atoms with Gasteiger partial charge in [0.1, 0.15) is 0 Å². The van der Waals surface area contributed by atoms with Gasteiger partial charge in [-0.25, -0.2) is 4.79 Å². The number of aliphatic carboxylic acids is 1. The van der Waals surface area contributed by atoms with E-state index < -0.39 is 23.8 Å². The van der Waals surface area contributed by atoms with Crippen molar-refractivity contribution in [3.05, 3.63) is 0 Å². The topological polar surface area (TPSA) is 122 Å². The molecule has 0 aliphatic carbocycles. The summed E-state index contributed by atoms with van der Waals surface area (Å²) in [6.07, 6.45) is 0.443. The standard InChI is InChI=1S/C11H21N3O4/c1-11(2,3)4-7(9(16)17)5-13-10(18)14-6-8(12)15/h7H,4-6H2,1-3H3,(H2,12,15)(H,16,17)(H2,13,14,18). The number of primary amides is 1. The minimum atomic E-state index is -0.958. The van der Waals surface area contributed by atoms with Gasteiger partial charge >= 0.3 is 12.0 Å². The van der Waals surface area contributed by atoms with Crippen LogP contribution in [0.25, 0.3) is 0 Å². The first-order valence-corrected chi connectivity index (χ1v) is 5.64. The molecule has 7 nitrogen and oxygen atoms in total. The zero-order chi connectivity index (χ0) is 14.3. The molecule has 0 heterocycles. The number of rotatable bonds is 6. The van der Waals surface area contributed by atoms with Gasteiger partial charge in [-0.2, -0.15) is 0 Å². The Labute approximate surface area is 106 Å². The number of carbonyl (C=O) groups is 3. The maximum atomic E-state index is 11.2. The van der Waals surface area contributed by atoms with E-state index in [1.54, 1.807) is 0 Å². The summed E-state index contributed by atoms with van der Waals surface area (Å²) >= 11 is 0. The monoisotopic (exact) mass is 259 g/mol. The molecule has 0 aromatic rings. The highest BCUT2D eigenvalue weighted by Gasteiger charge is 2.24. The van der Waals surface area contributed by atoms with Crippen LogP contribution in [0.1, 0.15) is 27.2 Å². The minimum Gasteiger partial charge on any atom is -0.481 e. The Hall–Kier alpha value is -1.79. The van der Waals surface area contributed by atoms with Crippen LogP contribution in [0, 0.1) is 11.3 Å². The van der Waals surface area contributed by atoms with Gasteiger partial charge in [-0.3, -0.25) is 9.59 Å². The predicted octanol–water partition coefficient (Wildman–Crippen LogP) is -0.0921. The number of hydrogen-bond acceptors (Lipinski definition) is 3. The molecule has 3 amide bonds. The maximum absolute atomic E-state index is 11.2. The van der Waals surface area contributed by atoms with E-state index in [-0.39, 0.29) is 18.5 Å². The molecule has 0 fully saturated rings. The molecule has 18 heavy (non-hydrogen) atoms. The highest BCUT2D eigenvalue weighted by molar-refractivity contribution is 5.83. The molecule has 7 heteroatoms. The summed E-state index contributed by atoms with van der Waals surface area (Å²) in [5, 5.41) is 13.6. The fraction of sp³-hybridized carbons (Fsp3) is 0.727. The van der Waals surface area contributed by atoms with E-state index in [9.17, 15) is 14.4 Å². The lowest BCUT2D eigenvalue weighted by Crippen LogP contribution is -2.43. The summed E-state index contributed by atoms with van der Waals surface area (Å²) in [4.78, 5) is 32.7. The van der Waals surface area contributed by atoms with Crippen molar-refractivity contribution in [3.63, 3.8) is 0 Å². The van der Waals surface area contributed by atoms with Gasteiger partial charge in [-0.05, 0) is 11.8 Å². The third-order valence-electron chi connectivity index (χ3n) is 2.14. The molecule has 0 rings (SSSR count). The quantitative estimate of drug-likeness (QED) is 0.532. The molecule has 0 spiro atoms. The second-order valence-corrected chi connectivity index (χ2v) is 5.33. The average molecular weight is 259 g/mol. The maximum Gasteiger partial charge on any atom is 0.315 e. The van der Waals surface area contributed by atoms with Crippen molar-refractivity contribution in [1.82, 2.24) is 10.6 Å².